The highest BCUT2D eigenvalue weighted by Crippen LogP contribution is 2.48. The summed E-state index contributed by atoms with van der Waals surface area (Å²) in [5.41, 5.74) is 2.88. The number of rotatable bonds is 7. The Kier molecular flexibility index (Phi) is 6.94. The molecule has 4 heterocycles. The van der Waals surface area contributed by atoms with Crippen molar-refractivity contribution in [2.24, 2.45) is 22.7 Å². The van der Waals surface area contributed by atoms with Gasteiger partial charge in [0.25, 0.3) is 10.0 Å². The summed E-state index contributed by atoms with van der Waals surface area (Å²) in [7, 11) is -4.13. The first-order valence-electron chi connectivity index (χ1n) is 15.7. The number of benzene rings is 2. The molecule has 3 unspecified atom stereocenters. The molecule has 47 heavy (non-hydrogen) atoms. The van der Waals surface area contributed by atoms with Gasteiger partial charge in [0.1, 0.15) is 11.6 Å². The molecule has 1 aliphatic heterocycles. The molecule has 3 fully saturated rings. The maximum absolute atomic E-state index is 14.7. The summed E-state index contributed by atoms with van der Waals surface area (Å²) in [6, 6.07) is 17.1. The van der Waals surface area contributed by atoms with Gasteiger partial charge in [0.2, 0.25) is 0 Å². The third-order valence-electron chi connectivity index (χ3n) is 9.95. The van der Waals surface area contributed by atoms with E-state index in [2.05, 4.69) is 15.3 Å². The predicted molar refractivity (Wildman–Crippen MR) is 175 cm³/mol. The van der Waals surface area contributed by atoms with E-state index < -0.39 is 27.7 Å². The second-order valence-electron chi connectivity index (χ2n) is 12.7. The van der Waals surface area contributed by atoms with Gasteiger partial charge in [-0.15, -0.1) is 0 Å². The fourth-order valence-electron chi connectivity index (χ4n) is 7.62. The molecule has 5 aromatic rings. The van der Waals surface area contributed by atoms with Crippen LogP contribution in [-0.4, -0.2) is 50.7 Å². The van der Waals surface area contributed by atoms with Crippen molar-refractivity contribution in [3.63, 3.8) is 0 Å². The molecule has 9 rings (SSSR count). The molecule has 2 bridgehead atoms. The molecule has 238 valence electrons. The van der Waals surface area contributed by atoms with Gasteiger partial charge in [-0.3, -0.25) is 4.79 Å². The van der Waals surface area contributed by atoms with Crippen LogP contribution in [0.25, 0.3) is 22.4 Å². The topological polar surface area (TPSA) is 139 Å². The van der Waals surface area contributed by atoms with E-state index in [1.807, 2.05) is 37.3 Å². The third-order valence-corrected chi connectivity index (χ3v) is 11.6. The number of anilines is 1. The van der Waals surface area contributed by atoms with Gasteiger partial charge in [0.15, 0.2) is 17.3 Å². The Hall–Kier alpha value is -4.97. The van der Waals surface area contributed by atoms with Gasteiger partial charge in [-0.25, -0.2) is 36.7 Å². The summed E-state index contributed by atoms with van der Waals surface area (Å²) >= 11 is 0. The summed E-state index contributed by atoms with van der Waals surface area (Å²) in [4.78, 5) is 31.2. The maximum Gasteiger partial charge on any atom is 0.308 e. The van der Waals surface area contributed by atoms with Gasteiger partial charge in [0, 0.05) is 29.4 Å². The molecule has 0 amide bonds. The molecular formula is C35H31FN6O4S. The number of pyridine rings is 1. The maximum atomic E-state index is 14.7. The van der Waals surface area contributed by atoms with E-state index in [0.29, 0.717) is 17.2 Å². The quantitative estimate of drug-likeness (QED) is 0.208. The molecule has 3 atom stereocenters. The minimum absolute atomic E-state index is 0.0294. The minimum atomic E-state index is -4.13. The van der Waals surface area contributed by atoms with E-state index in [4.69, 9.17) is 9.97 Å². The highest BCUT2D eigenvalue weighted by Gasteiger charge is 2.48. The van der Waals surface area contributed by atoms with Crippen molar-refractivity contribution in [3.05, 3.63) is 95.6 Å². The Morgan fingerprint density at radius 2 is 1.72 bits per heavy atom. The smallest absolute Gasteiger partial charge is 0.308 e. The van der Waals surface area contributed by atoms with Crippen molar-refractivity contribution < 1.29 is 22.7 Å². The number of nitrogens with zero attached hydrogens (tertiary/aromatic N) is 5. The van der Waals surface area contributed by atoms with Crippen LogP contribution in [-0.2, 0) is 14.8 Å². The van der Waals surface area contributed by atoms with Crippen LogP contribution < -0.4 is 5.32 Å². The van der Waals surface area contributed by atoms with E-state index in [9.17, 15) is 22.7 Å². The van der Waals surface area contributed by atoms with Crippen molar-refractivity contribution in [3.8, 4) is 11.4 Å². The Bertz CT molecular complexity index is 2180. The average molecular weight is 651 g/mol. The molecule has 0 spiro atoms. The lowest BCUT2D eigenvalue weighted by molar-refractivity contribution is -0.148. The number of aromatic nitrogens is 4. The van der Waals surface area contributed by atoms with Crippen molar-refractivity contribution >= 4 is 44.9 Å². The second-order valence-corrected chi connectivity index (χ2v) is 14.5. The summed E-state index contributed by atoms with van der Waals surface area (Å²) in [6.45, 7) is 1.86. The summed E-state index contributed by atoms with van der Waals surface area (Å²) < 4.78 is 43.5. The first-order chi connectivity index (χ1) is 22.7. The molecule has 3 saturated carbocycles. The Morgan fingerprint density at radius 3 is 2.45 bits per heavy atom. The molecule has 2 N–H and O–H groups in total. The Balaban J connectivity index is 1.31. The number of carboxylic acids is 1. The number of aliphatic imine (C=N–C) groups is 1. The number of aryl methyl sites for hydroxylation is 1. The van der Waals surface area contributed by atoms with Crippen molar-refractivity contribution in [2.45, 2.75) is 49.5 Å². The third kappa shape index (κ3) is 4.89. The van der Waals surface area contributed by atoms with Crippen LogP contribution in [0.5, 0.6) is 0 Å². The number of hydrogen-bond donors (Lipinski definition) is 2. The van der Waals surface area contributed by atoms with Crippen molar-refractivity contribution in [1.29, 1.82) is 0 Å². The molecular weight excluding hydrogens is 619 g/mol. The van der Waals surface area contributed by atoms with E-state index >= 15 is 0 Å². The van der Waals surface area contributed by atoms with Crippen LogP contribution in [0.3, 0.4) is 0 Å². The zero-order chi connectivity index (χ0) is 32.4. The fourth-order valence-corrected chi connectivity index (χ4v) is 8.94. The van der Waals surface area contributed by atoms with E-state index in [1.54, 1.807) is 18.3 Å². The van der Waals surface area contributed by atoms with Gasteiger partial charge >= 0.3 is 5.97 Å². The van der Waals surface area contributed by atoms with E-state index in [-0.39, 0.29) is 51.1 Å². The van der Waals surface area contributed by atoms with E-state index in [1.165, 1.54) is 24.4 Å². The van der Waals surface area contributed by atoms with Gasteiger partial charge < -0.3 is 10.4 Å². The van der Waals surface area contributed by atoms with Crippen LogP contribution in [0, 0.1) is 30.5 Å². The first kappa shape index (κ1) is 29.4. The largest absolute Gasteiger partial charge is 0.481 e. The average Bonchev–Trinajstić information content (AvgIpc) is 3.68. The number of carbonyl (C=O) groups is 1. The van der Waals surface area contributed by atoms with Gasteiger partial charge in [-0.1, -0.05) is 48.0 Å². The molecule has 12 heteroatoms. The van der Waals surface area contributed by atoms with Gasteiger partial charge in [-0.2, -0.15) is 0 Å². The molecule has 3 aromatic heterocycles. The Labute approximate surface area is 270 Å². The Morgan fingerprint density at radius 1 is 1.00 bits per heavy atom. The number of nitrogens with one attached hydrogen (secondary N) is 1. The highest BCUT2D eigenvalue weighted by atomic mass is 32.2. The summed E-state index contributed by atoms with van der Waals surface area (Å²) in [5.74, 6) is -1.16. The number of halogens is 1. The lowest BCUT2D eigenvalue weighted by Gasteiger charge is -2.47. The zero-order valence-corrected chi connectivity index (χ0v) is 26.2. The van der Waals surface area contributed by atoms with Crippen LogP contribution in [0.15, 0.2) is 82.9 Å². The second kappa shape index (κ2) is 11.1. The molecule has 3 aliphatic carbocycles. The number of hydrogen-bond acceptors (Lipinski definition) is 8. The van der Waals surface area contributed by atoms with Crippen molar-refractivity contribution in [2.75, 3.05) is 5.32 Å². The molecule has 0 radical (unpaired) electrons. The van der Waals surface area contributed by atoms with Crippen molar-refractivity contribution in [1.82, 2.24) is 18.9 Å². The summed E-state index contributed by atoms with van der Waals surface area (Å²) in [5, 5.41) is 14.1. The zero-order valence-electron chi connectivity index (χ0n) is 25.4. The normalized spacial score (nSPS) is 23.2. The van der Waals surface area contributed by atoms with Gasteiger partial charge in [0.05, 0.1) is 28.5 Å². The SMILES string of the molecule is Cc1ccc(S(=O)(=O)n2cc(-c3nc4c(c(NC5C6CCC(CC6)C5C(=O)O)n3)C(c3ccccc3)C=N4)c3cc(F)cnc32)cc1. The van der Waals surface area contributed by atoms with Crippen LogP contribution in [0.2, 0.25) is 0 Å². The molecule has 2 aromatic carbocycles. The minimum Gasteiger partial charge on any atom is -0.481 e. The number of fused-ring (bicyclic) bond motifs is 5. The first-order valence-corrected chi connectivity index (χ1v) is 17.1. The molecule has 10 nitrogen and oxygen atoms in total. The summed E-state index contributed by atoms with van der Waals surface area (Å²) in [6.07, 6.45) is 7.76. The lowest BCUT2D eigenvalue weighted by atomic mass is 9.61. The number of aliphatic carboxylic acids is 1. The predicted octanol–water partition coefficient (Wildman–Crippen LogP) is 6.33. The van der Waals surface area contributed by atoms with Crippen LogP contribution in [0.4, 0.5) is 16.0 Å². The van der Waals surface area contributed by atoms with Crippen LogP contribution in [0.1, 0.15) is 48.3 Å². The molecule has 4 aliphatic rings. The van der Waals surface area contributed by atoms with Gasteiger partial charge in [-0.05, 0) is 68.2 Å². The van der Waals surface area contributed by atoms with Crippen LogP contribution >= 0.6 is 0 Å². The fraction of sp³-hybridized carbons (Fsp3) is 0.286. The van der Waals surface area contributed by atoms with E-state index in [0.717, 1.165) is 47.0 Å². The molecule has 0 saturated heterocycles. The lowest BCUT2D eigenvalue weighted by Crippen LogP contribution is -2.51. The highest BCUT2D eigenvalue weighted by molar-refractivity contribution is 7.90. The monoisotopic (exact) mass is 650 g/mol. The standard InChI is InChI=1S/C35H31FN6O4S/c1-19-7-13-24(14-8-19)47(45,46)42-18-27(25-15-23(36)16-38-34(25)42)31-40-32-29(26(17-37-32)20-5-3-2-4-6-20)33(41-31)39-30-22-11-9-21(10-12-22)28(30)35(43)44/h2-8,13-18,21-22,26,28,30H,9-12H2,1H3,(H,43,44)(H,39,40,41). The number of carboxylic acid groups (broad SMARTS) is 1.